The average molecular weight is 182 g/mol. The molecule has 1 fully saturated rings. The molecule has 0 radical (unpaired) electrons. The van der Waals surface area contributed by atoms with Crippen LogP contribution < -0.4 is 0 Å². The van der Waals surface area contributed by atoms with Gasteiger partial charge in [-0.05, 0) is 30.1 Å². The Morgan fingerprint density at radius 1 is 1.23 bits per heavy atom. The Hall–Kier alpha value is 0. The first-order valence-electron chi connectivity index (χ1n) is 6.20. The van der Waals surface area contributed by atoms with E-state index in [9.17, 15) is 0 Å². The van der Waals surface area contributed by atoms with Crippen molar-refractivity contribution in [2.45, 2.75) is 59.8 Å². The maximum Gasteiger partial charge on any atom is -0.0355 e. The van der Waals surface area contributed by atoms with E-state index >= 15 is 0 Å². The lowest BCUT2D eigenvalue weighted by Gasteiger charge is -2.19. The van der Waals surface area contributed by atoms with Gasteiger partial charge < -0.3 is 0 Å². The van der Waals surface area contributed by atoms with Crippen molar-refractivity contribution in [2.24, 2.45) is 23.7 Å². The third-order valence-corrected chi connectivity index (χ3v) is 4.09. The summed E-state index contributed by atoms with van der Waals surface area (Å²) in [6.07, 6.45) is 7.17. The molecule has 0 aromatic heterocycles. The maximum absolute atomic E-state index is 2.47. The molecule has 0 heterocycles. The van der Waals surface area contributed by atoms with Gasteiger partial charge in [-0.3, -0.25) is 0 Å². The minimum atomic E-state index is 0.960. The standard InChI is InChI=1S/C13H26/c1-5-7-8-10(3)11(4)13-9-12(13)6-2/h10-13H,5-9H2,1-4H3. The van der Waals surface area contributed by atoms with Crippen LogP contribution in [0.4, 0.5) is 0 Å². The summed E-state index contributed by atoms with van der Waals surface area (Å²) in [6, 6.07) is 0. The maximum atomic E-state index is 2.47. The van der Waals surface area contributed by atoms with Crippen LogP contribution in [-0.2, 0) is 0 Å². The molecule has 1 aliphatic carbocycles. The Kier molecular flexibility index (Phi) is 4.28. The van der Waals surface area contributed by atoms with E-state index in [1.807, 2.05) is 0 Å². The smallest absolute Gasteiger partial charge is 0.0355 e. The van der Waals surface area contributed by atoms with Gasteiger partial charge in [-0.25, -0.2) is 0 Å². The van der Waals surface area contributed by atoms with Gasteiger partial charge >= 0.3 is 0 Å². The third kappa shape index (κ3) is 3.00. The zero-order valence-electron chi connectivity index (χ0n) is 9.84. The molecule has 0 heteroatoms. The molecule has 0 amide bonds. The fourth-order valence-corrected chi connectivity index (χ4v) is 2.60. The summed E-state index contributed by atoms with van der Waals surface area (Å²) in [5, 5.41) is 0. The van der Waals surface area contributed by atoms with Gasteiger partial charge in [0.1, 0.15) is 0 Å². The predicted octanol–water partition coefficient (Wildman–Crippen LogP) is 4.49. The zero-order valence-corrected chi connectivity index (χ0v) is 9.84. The highest BCUT2D eigenvalue weighted by molar-refractivity contribution is 4.90. The molecule has 0 aromatic rings. The molecule has 78 valence electrons. The van der Waals surface area contributed by atoms with Crippen molar-refractivity contribution in [1.82, 2.24) is 0 Å². The summed E-state index contributed by atoms with van der Waals surface area (Å²) < 4.78 is 0. The molecular formula is C13H26. The van der Waals surface area contributed by atoms with Crippen LogP contribution in [-0.4, -0.2) is 0 Å². The molecule has 0 spiro atoms. The van der Waals surface area contributed by atoms with Gasteiger partial charge in [-0.2, -0.15) is 0 Å². The van der Waals surface area contributed by atoms with E-state index in [1.54, 1.807) is 0 Å². The molecule has 0 aromatic carbocycles. The summed E-state index contributed by atoms with van der Waals surface area (Å²) in [6.45, 7) is 9.56. The molecule has 4 atom stereocenters. The Morgan fingerprint density at radius 2 is 1.92 bits per heavy atom. The highest BCUT2D eigenvalue weighted by Gasteiger charge is 2.40. The molecule has 0 aliphatic heterocycles. The lowest BCUT2D eigenvalue weighted by Crippen LogP contribution is -2.11. The number of rotatable bonds is 6. The fourth-order valence-electron chi connectivity index (χ4n) is 2.60. The summed E-state index contributed by atoms with van der Waals surface area (Å²) in [5.41, 5.74) is 0. The SMILES string of the molecule is CCCCC(C)C(C)C1CC1CC. The van der Waals surface area contributed by atoms with Crippen LogP contribution in [0.5, 0.6) is 0 Å². The van der Waals surface area contributed by atoms with E-state index in [4.69, 9.17) is 0 Å². The van der Waals surface area contributed by atoms with Gasteiger partial charge in [0.2, 0.25) is 0 Å². The Morgan fingerprint density at radius 3 is 2.38 bits per heavy atom. The van der Waals surface area contributed by atoms with Crippen LogP contribution in [0, 0.1) is 23.7 Å². The van der Waals surface area contributed by atoms with Crippen LogP contribution in [0.3, 0.4) is 0 Å². The van der Waals surface area contributed by atoms with E-state index in [0.29, 0.717) is 0 Å². The molecule has 4 unspecified atom stereocenters. The first-order chi connectivity index (χ1) is 6.20. The van der Waals surface area contributed by atoms with E-state index in [2.05, 4.69) is 27.7 Å². The summed E-state index contributed by atoms with van der Waals surface area (Å²) >= 11 is 0. The van der Waals surface area contributed by atoms with Crippen molar-refractivity contribution in [3.05, 3.63) is 0 Å². The van der Waals surface area contributed by atoms with Crippen LogP contribution in [0.1, 0.15) is 59.8 Å². The van der Waals surface area contributed by atoms with Crippen molar-refractivity contribution in [1.29, 1.82) is 0 Å². The molecule has 0 N–H and O–H groups in total. The topological polar surface area (TPSA) is 0 Å². The normalized spacial score (nSPS) is 31.4. The summed E-state index contributed by atoms with van der Waals surface area (Å²) in [4.78, 5) is 0. The Labute approximate surface area is 84.1 Å². The lowest BCUT2D eigenvalue weighted by atomic mass is 9.86. The van der Waals surface area contributed by atoms with Crippen LogP contribution in [0.2, 0.25) is 0 Å². The average Bonchev–Trinajstić information content (AvgIpc) is 2.91. The minimum Gasteiger partial charge on any atom is -0.0654 e. The summed E-state index contributed by atoms with van der Waals surface area (Å²) in [7, 11) is 0. The van der Waals surface area contributed by atoms with Crippen molar-refractivity contribution in [3.63, 3.8) is 0 Å². The van der Waals surface area contributed by atoms with Gasteiger partial charge in [0.05, 0.1) is 0 Å². The van der Waals surface area contributed by atoms with Gasteiger partial charge in [0, 0.05) is 0 Å². The second-order valence-corrected chi connectivity index (χ2v) is 5.05. The van der Waals surface area contributed by atoms with E-state index in [0.717, 1.165) is 23.7 Å². The van der Waals surface area contributed by atoms with Crippen LogP contribution in [0.25, 0.3) is 0 Å². The zero-order chi connectivity index (χ0) is 9.84. The second kappa shape index (κ2) is 5.02. The van der Waals surface area contributed by atoms with Gasteiger partial charge in [-0.1, -0.05) is 53.4 Å². The minimum absolute atomic E-state index is 0.960. The van der Waals surface area contributed by atoms with Crippen molar-refractivity contribution in [3.8, 4) is 0 Å². The second-order valence-electron chi connectivity index (χ2n) is 5.05. The molecule has 1 saturated carbocycles. The molecule has 13 heavy (non-hydrogen) atoms. The number of hydrogen-bond acceptors (Lipinski definition) is 0. The number of hydrogen-bond donors (Lipinski definition) is 0. The fraction of sp³-hybridized carbons (Fsp3) is 1.00. The third-order valence-electron chi connectivity index (χ3n) is 4.09. The quantitative estimate of drug-likeness (QED) is 0.567. The highest BCUT2D eigenvalue weighted by Crippen LogP contribution is 2.49. The molecule has 0 bridgehead atoms. The van der Waals surface area contributed by atoms with Crippen molar-refractivity contribution in [2.75, 3.05) is 0 Å². The molecule has 1 aliphatic rings. The molecule has 1 rings (SSSR count). The molecular weight excluding hydrogens is 156 g/mol. The van der Waals surface area contributed by atoms with Crippen molar-refractivity contribution >= 4 is 0 Å². The van der Waals surface area contributed by atoms with Crippen molar-refractivity contribution < 1.29 is 0 Å². The van der Waals surface area contributed by atoms with Crippen LogP contribution >= 0.6 is 0 Å². The largest absolute Gasteiger partial charge is 0.0654 e. The molecule has 0 nitrogen and oxygen atoms in total. The van der Waals surface area contributed by atoms with Gasteiger partial charge in [0.15, 0.2) is 0 Å². The molecule has 0 saturated heterocycles. The van der Waals surface area contributed by atoms with E-state index in [1.165, 1.54) is 32.1 Å². The monoisotopic (exact) mass is 182 g/mol. The first kappa shape index (κ1) is 11.1. The first-order valence-corrected chi connectivity index (χ1v) is 6.20. The van der Waals surface area contributed by atoms with E-state index in [-0.39, 0.29) is 0 Å². The Balaban J connectivity index is 2.19. The number of unbranched alkanes of at least 4 members (excludes halogenated alkanes) is 1. The lowest BCUT2D eigenvalue weighted by molar-refractivity contribution is 0.306. The van der Waals surface area contributed by atoms with Gasteiger partial charge in [-0.15, -0.1) is 0 Å². The predicted molar refractivity (Wildman–Crippen MR) is 59.7 cm³/mol. The summed E-state index contributed by atoms with van der Waals surface area (Å²) in [5.74, 6) is 4.11. The Bertz CT molecular complexity index is 139. The highest BCUT2D eigenvalue weighted by atomic mass is 14.5. The van der Waals surface area contributed by atoms with Gasteiger partial charge in [0.25, 0.3) is 0 Å². The van der Waals surface area contributed by atoms with E-state index < -0.39 is 0 Å². The van der Waals surface area contributed by atoms with Crippen LogP contribution in [0.15, 0.2) is 0 Å².